The number of methoxy groups -OCH3 is 1. The van der Waals surface area contributed by atoms with Crippen molar-refractivity contribution in [3.05, 3.63) is 29.3 Å². The summed E-state index contributed by atoms with van der Waals surface area (Å²) in [4.78, 5) is 17.7. The number of hydrogen-bond acceptors (Lipinski definition) is 5. The summed E-state index contributed by atoms with van der Waals surface area (Å²) >= 11 is 7.37. The summed E-state index contributed by atoms with van der Waals surface area (Å²) < 4.78 is 28.7. The van der Waals surface area contributed by atoms with Crippen LogP contribution < -0.4 is 4.90 Å². The van der Waals surface area contributed by atoms with Gasteiger partial charge in [-0.15, -0.1) is 0 Å². The van der Waals surface area contributed by atoms with Gasteiger partial charge in [0.25, 0.3) is 5.91 Å². The van der Waals surface area contributed by atoms with Gasteiger partial charge in [-0.2, -0.15) is 4.99 Å². The van der Waals surface area contributed by atoms with Crippen molar-refractivity contribution in [1.29, 1.82) is 0 Å². The van der Waals surface area contributed by atoms with E-state index in [9.17, 15) is 13.2 Å². The third-order valence-corrected chi connectivity index (χ3v) is 7.09. The van der Waals surface area contributed by atoms with Gasteiger partial charge in [0.05, 0.1) is 17.5 Å². The maximum Gasteiger partial charge on any atom is 0.274 e. The first kappa shape index (κ1) is 16.8. The predicted octanol–water partition coefficient (Wildman–Crippen LogP) is 1.59. The number of carbonyl (C=O) groups excluding carboxylic acids is 1. The fourth-order valence-corrected chi connectivity index (χ4v) is 6.87. The molecule has 2 fully saturated rings. The number of anilines is 1. The standard InChI is InChI=1S/C14H15ClN2O4S2/c1-21-6-13(18)16-14-17(10-4-2-3-9(15)5-10)11-7-23(19,20)8-12(11)22-14/h2-5,11-12H,6-8H2,1H3/t11-,12+/m1/s1. The van der Waals surface area contributed by atoms with Gasteiger partial charge in [-0.25, -0.2) is 8.42 Å². The van der Waals surface area contributed by atoms with Crippen LogP contribution in [0.5, 0.6) is 0 Å². The number of amides is 1. The molecule has 2 heterocycles. The summed E-state index contributed by atoms with van der Waals surface area (Å²) in [6.45, 7) is -0.110. The van der Waals surface area contributed by atoms with Crippen LogP contribution >= 0.6 is 23.4 Å². The van der Waals surface area contributed by atoms with Gasteiger partial charge in [0, 0.05) is 23.1 Å². The number of sulfone groups is 1. The van der Waals surface area contributed by atoms with E-state index in [1.165, 1.54) is 18.9 Å². The van der Waals surface area contributed by atoms with E-state index in [0.29, 0.717) is 10.2 Å². The SMILES string of the molecule is COCC(=O)N=C1S[C@H]2CS(=O)(=O)C[C@H]2N1c1cccc(Cl)c1. The summed E-state index contributed by atoms with van der Waals surface area (Å²) in [6.07, 6.45) is 0. The van der Waals surface area contributed by atoms with E-state index in [1.807, 2.05) is 6.07 Å². The van der Waals surface area contributed by atoms with Crippen LogP contribution in [0, 0.1) is 0 Å². The van der Waals surface area contributed by atoms with Gasteiger partial charge in [0.2, 0.25) is 0 Å². The van der Waals surface area contributed by atoms with Crippen LogP contribution in [0.25, 0.3) is 0 Å². The average molecular weight is 375 g/mol. The van der Waals surface area contributed by atoms with Crippen molar-refractivity contribution >= 4 is 50.0 Å². The number of aliphatic imine (C=N–C) groups is 1. The minimum absolute atomic E-state index is 0.0503. The molecule has 0 spiro atoms. The van der Waals surface area contributed by atoms with E-state index in [2.05, 4.69) is 4.99 Å². The molecule has 0 aliphatic carbocycles. The number of ether oxygens (including phenoxy) is 1. The van der Waals surface area contributed by atoms with E-state index in [-0.39, 0.29) is 29.4 Å². The predicted molar refractivity (Wildman–Crippen MR) is 92.1 cm³/mol. The lowest BCUT2D eigenvalue weighted by Crippen LogP contribution is -2.37. The van der Waals surface area contributed by atoms with Gasteiger partial charge < -0.3 is 9.64 Å². The molecular weight excluding hydrogens is 360 g/mol. The monoisotopic (exact) mass is 374 g/mol. The number of rotatable bonds is 3. The van der Waals surface area contributed by atoms with Crippen molar-refractivity contribution in [2.75, 3.05) is 30.1 Å². The number of thioether (sulfide) groups is 1. The van der Waals surface area contributed by atoms with Crippen LogP contribution in [0.4, 0.5) is 5.69 Å². The van der Waals surface area contributed by atoms with Crippen LogP contribution in [0.1, 0.15) is 0 Å². The molecule has 0 bridgehead atoms. The Labute approximate surface area is 143 Å². The molecule has 2 aliphatic heterocycles. The molecule has 0 aromatic heterocycles. The Morgan fingerprint density at radius 3 is 2.96 bits per heavy atom. The van der Waals surface area contributed by atoms with Crippen molar-refractivity contribution in [2.45, 2.75) is 11.3 Å². The second kappa shape index (κ2) is 6.43. The maximum atomic E-state index is 11.9. The Hall–Kier alpha value is -1.09. The van der Waals surface area contributed by atoms with Crippen molar-refractivity contribution in [2.24, 2.45) is 4.99 Å². The molecule has 0 N–H and O–H groups in total. The van der Waals surface area contributed by atoms with E-state index < -0.39 is 15.7 Å². The molecule has 1 aromatic rings. The number of halogens is 1. The molecule has 9 heteroatoms. The van der Waals surface area contributed by atoms with Crippen molar-refractivity contribution < 1.29 is 17.9 Å². The summed E-state index contributed by atoms with van der Waals surface area (Å²) in [7, 11) is -1.65. The van der Waals surface area contributed by atoms with E-state index in [1.54, 1.807) is 23.1 Å². The lowest BCUT2D eigenvalue weighted by Gasteiger charge is -2.24. The van der Waals surface area contributed by atoms with Gasteiger partial charge in [0.1, 0.15) is 6.61 Å². The number of carbonyl (C=O) groups is 1. The van der Waals surface area contributed by atoms with Crippen LogP contribution in [0.15, 0.2) is 29.3 Å². The quantitative estimate of drug-likeness (QED) is 0.799. The second-order valence-corrected chi connectivity index (χ2v) is 9.17. The van der Waals surface area contributed by atoms with E-state index >= 15 is 0 Å². The van der Waals surface area contributed by atoms with Gasteiger partial charge in [-0.3, -0.25) is 4.79 Å². The van der Waals surface area contributed by atoms with Crippen molar-refractivity contribution in [1.82, 2.24) is 0 Å². The number of hydrogen-bond donors (Lipinski definition) is 0. The van der Waals surface area contributed by atoms with Crippen LogP contribution in [0.3, 0.4) is 0 Å². The fraction of sp³-hybridized carbons (Fsp3) is 0.429. The van der Waals surface area contributed by atoms with Gasteiger partial charge >= 0.3 is 0 Å². The zero-order valence-corrected chi connectivity index (χ0v) is 14.7. The fourth-order valence-electron chi connectivity index (χ4n) is 2.75. The molecule has 2 aliphatic rings. The molecule has 0 radical (unpaired) electrons. The molecule has 3 rings (SSSR count). The zero-order chi connectivity index (χ0) is 16.6. The van der Waals surface area contributed by atoms with Crippen LogP contribution in [-0.2, 0) is 19.4 Å². The highest BCUT2D eigenvalue weighted by atomic mass is 35.5. The Morgan fingerprint density at radius 2 is 2.26 bits per heavy atom. The van der Waals surface area contributed by atoms with Gasteiger partial charge in [0.15, 0.2) is 15.0 Å². The Bertz CT molecular complexity index is 766. The average Bonchev–Trinajstić information content (AvgIpc) is 2.89. The van der Waals surface area contributed by atoms with Gasteiger partial charge in [-0.1, -0.05) is 29.4 Å². The van der Waals surface area contributed by atoms with Crippen LogP contribution in [0.2, 0.25) is 5.02 Å². The number of fused-ring (bicyclic) bond motifs is 1. The highest BCUT2D eigenvalue weighted by Crippen LogP contribution is 2.41. The highest BCUT2D eigenvalue weighted by molar-refractivity contribution is 8.16. The molecular formula is C14H15ClN2O4S2. The largest absolute Gasteiger partial charge is 0.375 e. The second-order valence-electron chi connectivity index (χ2n) is 5.37. The molecule has 6 nitrogen and oxygen atoms in total. The first-order chi connectivity index (χ1) is 10.9. The minimum atomic E-state index is -3.08. The lowest BCUT2D eigenvalue weighted by atomic mass is 10.2. The molecule has 0 unspecified atom stereocenters. The van der Waals surface area contributed by atoms with E-state index in [4.69, 9.17) is 16.3 Å². The Kier molecular flexibility index (Phi) is 4.68. The summed E-state index contributed by atoms with van der Waals surface area (Å²) in [5, 5.41) is 0.909. The first-order valence-corrected chi connectivity index (χ1v) is 10.00. The van der Waals surface area contributed by atoms with Gasteiger partial charge in [-0.05, 0) is 18.2 Å². The third kappa shape index (κ3) is 3.55. The molecule has 0 saturated carbocycles. The Morgan fingerprint density at radius 1 is 1.48 bits per heavy atom. The van der Waals surface area contributed by atoms with Crippen molar-refractivity contribution in [3.63, 3.8) is 0 Å². The summed E-state index contributed by atoms with van der Waals surface area (Å²) in [6, 6.07) is 6.86. The first-order valence-electron chi connectivity index (χ1n) is 6.92. The number of benzene rings is 1. The minimum Gasteiger partial charge on any atom is -0.375 e. The molecule has 2 atom stereocenters. The van der Waals surface area contributed by atoms with Crippen molar-refractivity contribution in [3.8, 4) is 0 Å². The molecule has 1 aromatic carbocycles. The lowest BCUT2D eigenvalue weighted by molar-refractivity contribution is -0.121. The number of nitrogens with zero attached hydrogens (tertiary/aromatic N) is 2. The maximum absolute atomic E-state index is 11.9. The third-order valence-electron chi connectivity index (χ3n) is 3.64. The topological polar surface area (TPSA) is 76.0 Å². The highest BCUT2D eigenvalue weighted by Gasteiger charge is 2.49. The molecule has 23 heavy (non-hydrogen) atoms. The zero-order valence-electron chi connectivity index (χ0n) is 12.3. The summed E-state index contributed by atoms with van der Waals surface area (Å²) in [5.41, 5.74) is 0.735. The normalized spacial score (nSPS) is 27.4. The van der Waals surface area contributed by atoms with E-state index in [0.717, 1.165) is 5.69 Å². The molecule has 1 amide bonds. The molecule has 2 saturated heterocycles. The van der Waals surface area contributed by atoms with Crippen LogP contribution in [-0.4, -0.2) is 56.0 Å². The Balaban J connectivity index is 1.99. The smallest absolute Gasteiger partial charge is 0.274 e. The number of amidine groups is 1. The molecule has 124 valence electrons. The summed E-state index contributed by atoms with van der Waals surface area (Å²) in [5.74, 6) is -0.254.